The maximum absolute atomic E-state index is 4.33. The first-order valence-electron chi connectivity index (χ1n) is 6.78. The van der Waals surface area contributed by atoms with Gasteiger partial charge in [-0.2, -0.15) is 0 Å². The molecule has 0 saturated heterocycles. The molecule has 6 saturated carbocycles. The fourth-order valence-corrected chi connectivity index (χ4v) is 5.84. The van der Waals surface area contributed by atoms with Crippen LogP contribution < -0.4 is 0 Å². The standard InChI is InChI=1S/C14H20B/c1-7-3-4-9-13-10-5-8(6-15-2)12(10)14(9)11(7)13/h8-14H,1,3-6H2,2H3/t8?,9?,10?,11?,12?,13-,14?/m1/s1. The number of hydrogen-bond donors (Lipinski definition) is 0. The van der Waals surface area contributed by atoms with Gasteiger partial charge in [-0.3, -0.25) is 0 Å². The highest BCUT2D eigenvalue weighted by atomic mass is 14.8. The Labute approximate surface area is 93.8 Å². The normalized spacial score (nSPS) is 59.3. The maximum Gasteiger partial charge on any atom is 0.106 e. The average Bonchev–Trinajstić information content (AvgIpc) is 2.60. The number of hydrogen-bond acceptors (Lipinski definition) is 0. The van der Waals surface area contributed by atoms with Crippen molar-refractivity contribution >= 4 is 7.28 Å². The summed E-state index contributed by atoms with van der Waals surface area (Å²) in [6.45, 7) is 6.56. The van der Waals surface area contributed by atoms with E-state index in [9.17, 15) is 0 Å². The van der Waals surface area contributed by atoms with Crippen LogP contribution >= 0.6 is 0 Å². The van der Waals surface area contributed by atoms with Gasteiger partial charge in [0.2, 0.25) is 0 Å². The van der Waals surface area contributed by atoms with Crippen LogP contribution in [0.2, 0.25) is 13.1 Å². The highest BCUT2D eigenvalue weighted by molar-refractivity contribution is 6.33. The molecule has 0 aromatic carbocycles. The minimum absolute atomic E-state index is 0.987. The van der Waals surface area contributed by atoms with Crippen molar-refractivity contribution in [3.8, 4) is 0 Å². The first-order valence-corrected chi connectivity index (χ1v) is 6.78. The van der Waals surface area contributed by atoms with Gasteiger partial charge in [0.15, 0.2) is 0 Å². The monoisotopic (exact) mass is 199 g/mol. The van der Waals surface area contributed by atoms with Crippen molar-refractivity contribution in [3.63, 3.8) is 0 Å². The Morgan fingerprint density at radius 1 is 1.27 bits per heavy atom. The summed E-state index contributed by atoms with van der Waals surface area (Å²) in [7, 11) is 2.39. The largest absolute Gasteiger partial charge is 0.106 e. The van der Waals surface area contributed by atoms with Crippen molar-refractivity contribution in [3.05, 3.63) is 12.2 Å². The molecule has 6 fully saturated rings. The van der Waals surface area contributed by atoms with E-state index in [1.165, 1.54) is 19.2 Å². The van der Waals surface area contributed by atoms with Crippen LogP contribution in [0.5, 0.6) is 0 Å². The van der Waals surface area contributed by atoms with Crippen LogP contribution in [0.3, 0.4) is 0 Å². The predicted molar refractivity (Wildman–Crippen MR) is 63.8 cm³/mol. The van der Waals surface area contributed by atoms with Crippen molar-refractivity contribution in [1.29, 1.82) is 0 Å². The zero-order valence-electron chi connectivity index (χ0n) is 9.65. The van der Waals surface area contributed by atoms with Crippen LogP contribution in [0, 0.1) is 41.4 Å². The second-order valence-corrected chi connectivity index (χ2v) is 6.42. The van der Waals surface area contributed by atoms with E-state index in [0.29, 0.717) is 0 Å². The van der Waals surface area contributed by atoms with Gasteiger partial charge < -0.3 is 0 Å². The summed E-state index contributed by atoms with van der Waals surface area (Å²) in [4.78, 5) is 0. The molecule has 0 amide bonds. The Morgan fingerprint density at radius 3 is 2.87 bits per heavy atom. The molecule has 7 atom stereocenters. The Bertz CT molecular complexity index is 321. The Morgan fingerprint density at radius 2 is 2.13 bits per heavy atom. The van der Waals surface area contributed by atoms with Gasteiger partial charge in [0, 0.05) is 0 Å². The van der Waals surface area contributed by atoms with Crippen LogP contribution in [0.1, 0.15) is 19.3 Å². The van der Waals surface area contributed by atoms with Gasteiger partial charge in [-0.1, -0.05) is 25.3 Å². The van der Waals surface area contributed by atoms with Gasteiger partial charge in [0.1, 0.15) is 7.28 Å². The number of allylic oxidation sites excluding steroid dienone is 1. The molecular weight excluding hydrogens is 179 g/mol. The van der Waals surface area contributed by atoms with Gasteiger partial charge in [0.25, 0.3) is 0 Å². The third-order valence-corrected chi connectivity index (χ3v) is 6.18. The van der Waals surface area contributed by atoms with Crippen molar-refractivity contribution < 1.29 is 0 Å². The molecule has 79 valence electrons. The lowest BCUT2D eigenvalue weighted by Gasteiger charge is -2.51. The highest BCUT2D eigenvalue weighted by Gasteiger charge is 2.71. The van der Waals surface area contributed by atoms with E-state index in [1.54, 1.807) is 12.0 Å². The quantitative estimate of drug-likeness (QED) is 0.473. The fourth-order valence-electron chi connectivity index (χ4n) is 5.84. The molecule has 0 aliphatic heterocycles. The number of fused-ring (bicyclic) bond motifs is 2. The Kier molecular flexibility index (Phi) is 1.62. The molecule has 6 aliphatic carbocycles. The van der Waals surface area contributed by atoms with Crippen LogP contribution in [-0.2, 0) is 0 Å². The lowest BCUT2D eigenvalue weighted by Crippen LogP contribution is -2.45. The second kappa shape index (κ2) is 2.73. The molecule has 0 aromatic heterocycles. The molecule has 1 heteroatoms. The minimum atomic E-state index is 0.987. The lowest BCUT2D eigenvalue weighted by atomic mass is 9.53. The first-order chi connectivity index (χ1) is 7.33. The van der Waals surface area contributed by atoms with E-state index in [1.807, 2.05) is 0 Å². The fraction of sp³-hybridized carbons (Fsp3) is 0.857. The molecule has 6 unspecified atom stereocenters. The SMILES string of the molecule is C=C1CCC2C3C4C(C[B]C)CC4[C@@H]2C13. The van der Waals surface area contributed by atoms with Gasteiger partial charge in [-0.25, -0.2) is 0 Å². The minimum Gasteiger partial charge on any atom is -0.0996 e. The van der Waals surface area contributed by atoms with Crippen molar-refractivity contribution in [2.75, 3.05) is 0 Å². The zero-order chi connectivity index (χ0) is 10.2. The molecule has 0 N–H and O–H groups in total. The molecule has 0 spiro atoms. The highest BCUT2D eigenvalue weighted by Crippen LogP contribution is 2.77. The molecule has 0 nitrogen and oxygen atoms in total. The first kappa shape index (κ1) is 8.90. The maximum atomic E-state index is 4.33. The summed E-state index contributed by atoms with van der Waals surface area (Å²) in [6, 6.07) is 0. The molecule has 15 heavy (non-hydrogen) atoms. The molecule has 0 heterocycles. The molecule has 1 radical (unpaired) electrons. The van der Waals surface area contributed by atoms with Crippen molar-refractivity contribution in [2.24, 2.45) is 41.4 Å². The van der Waals surface area contributed by atoms with E-state index in [-0.39, 0.29) is 0 Å². The molecule has 6 aliphatic rings. The van der Waals surface area contributed by atoms with Crippen LogP contribution in [0.15, 0.2) is 12.2 Å². The summed E-state index contributed by atoms with van der Waals surface area (Å²) in [5.41, 5.74) is 1.63. The topological polar surface area (TPSA) is 0 Å². The number of rotatable bonds is 2. The average molecular weight is 199 g/mol. The summed E-state index contributed by atoms with van der Waals surface area (Å²) < 4.78 is 0. The van der Waals surface area contributed by atoms with E-state index in [2.05, 4.69) is 20.7 Å². The van der Waals surface area contributed by atoms with E-state index < -0.39 is 0 Å². The Hall–Kier alpha value is -0.195. The van der Waals surface area contributed by atoms with Gasteiger partial charge >= 0.3 is 0 Å². The smallest absolute Gasteiger partial charge is 0.0996 e. The van der Waals surface area contributed by atoms with Gasteiger partial charge in [-0.05, 0) is 60.7 Å². The third-order valence-electron chi connectivity index (χ3n) is 6.18. The molecule has 6 rings (SSSR count). The van der Waals surface area contributed by atoms with Crippen molar-refractivity contribution in [1.82, 2.24) is 0 Å². The zero-order valence-corrected chi connectivity index (χ0v) is 9.65. The summed E-state index contributed by atoms with van der Waals surface area (Å²) >= 11 is 0. The Balaban J connectivity index is 1.60. The lowest BCUT2D eigenvalue weighted by molar-refractivity contribution is 0.0242. The molecular formula is C14H20B. The summed E-state index contributed by atoms with van der Waals surface area (Å²) in [5, 5.41) is 0. The van der Waals surface area contributed by atoms with Crippen LogP contribution in [0.25, 0.3) is 0 Å². The second-order valence-electron chi connectivity index (χ2n) is 6.42. The van der Waals surface area contributed by atoms with E-state index >= 15 is 0 Å². The molecule has 4 bridgehead atoms. The van der Waals surface area contributed by atoms with Gasteiger partial charge in [0.05, 0.1) is 0 Å². The summed E-state index contributed by atoms with van der Waals surface area (Å²) in [5.74, 6) is 7.64. The van der Waals surface area contributed by atoms with Crippen LogP contribution in [-0.4, -0.2) is 7.28 Å². The van der Waals surface area contributed by atoms with E-state index in [0.717, 1.165) is 41.4 Å². The van der Waals surface area contributed by atoms with Crippen LogP contribution in [0.4, 0.5) is 0 Å². The predicted octanol–water partition coefficient (Wildman–Crippen LogP) is 3.25. The summed E-state index contributed by atoms with van der Waals surface area (Å²) in [6.07, 6.45) is 5.78. The third kappa shape index (κ3) is 0.842. The van der Waals surface area contributed by atoms with Crippen molar-refractivity contribution in [2.45, 2.75) is 32.4 Å². The van der Waals surface area contributed by atoms with E-state index in [4.69, 9.17) is 0 Å². The van der Waals surface area contributed by atoms with Gasteiger partial charge in [-0.15, -0.1) is 0 Å². The molecule has 0 aromatic rings.